The van der Waals surface area contributed by atoms with E-state index in [9.17, 15) is 9.59 Å². The summed E-state index contributed by atoms with van der Waals surface area (Å²) >= 11 is 0. The summed E-state index contributed by atoms with van der Waals surface area (Å²) in [6.07, 6.45) is 3.65. The maximum absolute atomic E-state index is 9.94. The molecule has 0 aliphatic heterocycles. The lowest BCUT2D eigenvalue weighted by molar-refractivity contribution is -0.112. The van der Waals surface area contributed by atoms with Gasteiger partial charge in [0.1, 0.15) is 0 Å². The van der Waals surface area contributed by atoms with Gasteiger partial charge in [-0.05, 0) is 19.1 Å². The molecule has 0 aromatic carbocycles. The number of ketones is 1. The molecule has 0 saturated carbocycles. The van der Waals surface area contributed by atoms with Gasteiger partial charge in [-0.1, -0.05) is 0 Å². The van der Waals surface area contributed by atoms with E-state index in [1.54, 1.807) is 0 Å². The van der Waals surface area contributed by atoms with E-state index in [0.717, 1.165) is 12.2 Å². The molecule has 0 fully saturated rings. The van der Waals surface area contributed by atoms with E-state index < -0.39 is 0 Å². The zero-order chi connectivity index (χ0) is 5.70. The number of allylic oxidation sites excluding steroid dienone is 2. The molecule has 0 bridgehead atoms. The molecule has 0 aromatic heterocycles. The maximum Gasteiger partial charge on any atom is 0.225 e. The first kappa shape index (κ1) is 6.08. The van der Waals surface area contributed by atoms with Crippen LogP contribution in [0.5, 0.6) is 0 Å². The van der Waals surface area contributed by atoms with Crippen LogP contribution in [0.3, 0.4) is 0 Å². The van der Waals surface area contributed by atoms with E-state index in [0.29, 0.717) is 0 Å². The van der Waals surface area contributed by atoms with E-state index in [1.807, 2.05) is 0 Å². The molecular formula is C5H5O2. The van der Waals surface area contributed by atoms with Crippen LogP contribution in [0, 0.1) is 0 Å². The highest BCUT2D eigenvalue weighted by molar-refractivity contribution is 5.90. The van der Waals surface area contributed by atoms with Crippen LogP contribution in [0.4, 0.5) is 0 Å². The summed E-state index contributed by atoms with van der Waals surface area (Å²) in [5, 5.41) is 0. The second kappa shape index (κ2) is 3.28. The summed E-state index contributed by atoms with van der Waals surface area (Å²) < 4.78 is 0. The molecule has 0 atom stereocenters. The minimum absolute atomic E-state index is 0.136. The molecule has 2 nitrogen and oxygen atoms in total. The second-order valence-electron chi connectivity index (χ2n) is 1.06. The van der Waals surface area contributed by atoms with E-state index in [-0.39, 0.29) is 5.78 Å². The van der Waals surface area contributed by atoms with Crippen LogP contribution in [0.1, 0.15) is 6.92 Å². The third-order valence-electron chi connectivity index (χ3n) is 0.386. The molecule has 7 heavy (non-hydrogen) atoms. The summed E-state index contributed by atoms with van der Waals surface area (Å²) in [6.45, 7) is 1.37. The number of carbonyl (C=O) groups excluding carboxylic acids is 2. The minimum Gasteiger partial charge on any atom is -0.295 e. The minimum atomic E-state index is -0.136. The van der Waals surface area contributed by atoms with E-state index in [4.69, 9.17) is 0 Å². The molecule has 0 aliphatic rings. The molecule has 0 amide bonds. The predicted octanol–water partition coefficient (Wildman–Crippen LogP) is 0.241. The molecular weight excluding hydrogens is 92.1 g/mol. The van der Waals surface area contributed by atoms with Crippen LogP contribution in [0.25, 0.3) is 0 Å². The van der Waals surface area contributed by atoms with Gasteiger partial charge in [0.2, 0.25) is 6.29 Å². The molecule has 0 unspecified atom stereocenters. The molecule has 0 rings (SSSR count). The van der Waals surface area contributed by atoms with Gasteiger partial charge in [0.25, 0.3) is 0 Å². The summed E-state index contributed by atoms with van der Waals surface area (Å²) in [4.78, 5) is 19.3. The van der Waals surface area contributed by atoms with Gasteiger partial charge in [-0.25, -0.2) is 0 Å². The highest BCUT2D eigenvalue weighted by Gasteiger charge is 1.76. The molecule has 0 spiro atoms. The Kier molecular flexibility index (Phi) is 2.85. The third kappa shape index (κ3) is 5.08. The van der Waals surface area contributed by atoms with Crippen molar-refractivity contribution in [3.8, 4) is 0 Å². The van der Waals surface area contributed by atoms with Gasteiger partial charge in [-0.2, -0.15) is 0 Å². The third-order valence-corrected chi connectivity index (χ3v) is 0.386. The zero-order valence-electron chi connectivity index (χ0n) is 3.97. The fourth-order valence-electron chi connectivity index (χ4n) is 0.151. The smallest absolute Gasteiger partial charge is 0.225 e. The van der Waals surface area contributed by atoms with Gasteiger partial charge in [0, 0.05) is 0 Å². The normalized spacial score (nSPS) is 9.29. The first-order valence-corrected chi connectivity index (χ1v) is 1.82. The van der Waals surface area contributed by atoms with E-state index in [1.165, 1.54) is 13.2 Å². The molecule has 2 heteroatoms. The second-order valence-corrected chi connectivity index (χ2v) is 1.06. The lowest BCUT2D eigenvalue weighted by Gasteiger charge is -1.67. The Morgan fingerprint density at radius 1 is 1.71 bits per heavy atom. The molecule has 1 radical (unpaired) electrons. The largest absolute Gasteiger partial charge is 0.295 e. The van der Waals surface area contributed by atoms with Crippen LogP contribution in [0.15, 0.2) is 12.2 Å². The van der Waals surface area contributed by atoms with Crippen molar-refractivity contribution in [2.75, 3.05) is 0 Å². The van der Waals surface area contributed by atoms with Crippen LogP contribution < -0.4 is 0 Å². The Morgan fingerprint density at radius 3 is 2.43 bits per heavy atom. The predicted molar refractivity (Wildman–Crippen MR) is 25.5 cm³/mol. The molecule has 37 valence electrons. The molecule has 0 heterocycles. The van der Waals surface area contributed by atoms with Gasteiger partial charge in [0.05, 0.1) is 0 Å². The van der Waals surface area contributed by atoms with E-state index in [2.05, 4.69) is 0 Å². The fraction of sp³-hybridized carbons (Fsp3) is 0.200. The Morgan fingerprint density at radius 2 is 2.29 bits per heavy atom. The number of carbonyl (C=O) groups is 1. The van der Waals surface area contributed by atoms with Crippen LogP contribution >= 0.6 is 0 Å². The number of rotatable bonds is 2. The van der Waals surface area contributed by atoms with E-state index >= 15 is 0 Å². The van der Waals surface area contributed by atoms with Crippen molar-refractivity contribution >= 4 is 12.1 Å². The van der Waals surface area contributed by atoms with Gasteiger partial charge in [-0.15, -0.1) is 0 Å². The monoisotopic (exact) mass is 97.0 g/mol. The summed E-state index contributed by atoms with van der Waals surface area (Å²) in [6, 6.07) is 0. The van der Waals surface area contributed by atoms with Crippen molar-refractivity contribution in [3.05, 3.63) is 12.2 Å². The van der Waals surface area contributed by atoms with Gasteiger partial charge in [0.15, 0.2) is 5.78 Å². The highest BCUT2D eigenvalue weighted by Crippen LogP contribution is 1.68. The average molecular weight is 97.1 g/mol. The fourth-order valence-corrected chi connectivity index (χ4v) is 0.151. The lowest BCUT2D eigenvalue weighted by atomic mass is 10.4. The summed E-state index contributed by atoms with van der Waals surface area (Å²) in [5.41, 5.74) is 0. The highest BCUT2D eigenvalue weighted by atomic mass is 16.1. The first-order chi connectivity index (χ1) is 3.27. The lowest BCUT2D eigenvalue weighted by Crippen LogP contribution is -1.78. The zero-order valence-corrected chi connectivity index (χ0v) is 3.97. The quantitative estimate of drug-likeness (QED) is 0.462. The molecule has 0 N–H and O–H groups in total. The van der Waals surface area contributed by atoms with Gasteiger partial charge in [-0.3, -0.25) is 9.59 Å². The number of hydrogen-bond donors (Lipinski definition) is 0. The van der Waals surface area contributed by atoms with Crippen molar-refractivity contribution in [1.82, 2.24) is 0 Å². The van der Waals surface area contributed by atoms with Crippen LogP contribution in [-0.4, -0.2) is 12.1 Å². The Bertz CT molecular complexity index is 103. The SMILES string of the molecule is CC(=O)C=C[C]=O. The van der Waals surface area contributed by atoms with Crippen LogP contribution in [0.2, 0.25) is 0 Å². The Hall–Kier alpha value is -0.920. The topological polar surface area (TPSA) is 34.1 Å². The maximum atomic E-state index is 9.94. The van der Waals surface area contributed by atoms with Crippen LogP contribution in [-0.2, 0) is 9.59 Å². The first-order valence-electron chi connectivity index (χ1n) is 1.82. The molecule has 0 saturated heterocycles. The summed E-state index contributed by atoms with van der Waals surface area (Å²) in [7, 11) is 0. The van der Waals surface area contributed by atoms with Crippen molar-refractivity contribution < 1.29 is 9.59 Å². The number of hydrogen-bond acceptors (Lipinski definition) is 2. The van der Waals surface area contributed by atoms with Crippen molar-refractivity contribution in [2.45, 2.75) is 6.92 Å². The molecule has 0 aliphatic carbocycles. The summed E-state index contributed by atoms with van der Waals surface area (Å²) in [5.74, 6) is -0.136. The van der Waals surface area contributed by atoms with Crippen molar-refractivity contribution in [1.29, 1.82) is 0 Å². The Balaban J connectivity index is 3.46. The van der Waals surface area contributed by atoms with Crippen molar-refractivity contribution in [3.63, 3.8) is 0 Å². The standard InChI is InChI=1S/C5H5O2/c1-5(7)3-2-4-6/h2-3H,1H3. The average Bonchev–Trinajstić information content (AvgIpc) is 1.61. The molecule has 0 aromatic rings. The van der Waals surface area contributed by atoms with Crippen molar-refractivity contribution in [2.24, 2.45) is 0 Å². The van der Waals surface area contributed by atoms with Gasteiger partial charge < -0.3 is 0 Å². The Labute approximate surface area is 41.8 Å². The van der Waals surface area contributed by atoms with Gasteiger partial charge >= 0.3 is 0 Å².